The maximum absolute atomic E-state index is 13.6. The number of carbonyl (C=O) groups excluding carboxylic acids is 3. The van der Waals surface area contributed by atoms with E-state index >= 15 is 0 Å². The molecule has 0 aromatic heterocycles. The van der Waals surface area contributed by atoms with Crippen molar-refractivity contribution in [2.24, 2.45) is 0 Å². The number of hydrogen-bond donors (Lipinski definition) is 0. The van der Waals surface area contributed by atoms with E-state index in [1.165, 1.54) is 37.1 Å². The summed E-state index contributed by atoms with van der Waals surface area (Å²) in [5.74, 6) is -0.927. The summed E-state index contributed by atoms with van der Waals surface area (Å²) >= 11 is 6.98. The molecule has 0 radical (unpaired) electrons. The van der Waals surface area contributed by atoms with Crippen LogP contribution < -0.4 is 0 Å². The minimum atomic E-state index is -0.811. The molecule has 2 aromatic rings. The number of rotatable bonds is 6. The van der Waals surface area contributed by atoms with Crippen molar-refractivity contribution >= 4 is 46.3 Å². The van der Waals surface area contributed by atoms with Crippen LogP contribution in [0.3, 0.4) is 0 Å². The Morgan fingerprint density at radius 2 is 1.69 bits per heavy atom. The lowest BCUT2D eigenvalue weighted by molar-refractivity contribution is -0.143. The van der Waals surface area contributed by atoms with Crippen LogP contribution in [0.2, 0.25) is 0 Å². The normalized spacial score (nSPS) is 20.1. The molecule has 1 saturated heterocycles. The molecule has 4 rings (SSSR count). The fourth-order valence-corrected chi connectivity index (χ4v) is 5.81. The van der Waals surface area contributed by atoms with Crippen LogP contribution in [-0.4, -0.2) is 64.1 Å². The van der Waals surface area contributed by atoms with E-state index in [1.54, 1.807) is 29.2 Å². The molecule has 2 aliphatic heterocycles. The molecule has 7 nitrogen and oxygen atoms in total. The number of ether oxygens (including phenoxy) is 2. The van der Waals surface area contributed by atoms with Crippen LogP contribution in [0.15, 0.2) is 84.6 Å². The maximum Gasteiger partial charge on any atom is 0.414 e. The van der Waals surface area contributed by atoms with Crippen molar-refractivity contribution < 1.29 is 23.9 Å². The van der Waals surface area contributed by atoms with Crippen LogP contribution in [-0.2, 0) is 25.5 Å². The number of thioether (sulfide) groups is 1. The number of methoxy groups -OCH3 is 2. The first-order valence-corrected chi connectivity index (χ1v) is 12.8. The number of amides is 2. The van der Waals surface area contributed by atoms with Crippen LogP contribution >= 0.6 is 24.0 Å². The van der Waals surface area contributed by atoms with Crippen LogP contribution in [0, 0.1) is 0 Å². The van der Waals surface area contributed by atoms with Crippen LogP contribution in [0.5, 0.6) is 0 Å². The van der Waals surface area contributed by atoms with Gasteiger partial charge in [-0.3, -0.25) is 19.4 Å². The third-order valence-electron chi connectivity index (χ3n) is 6.15. The predicted molar refractivity (Wildman–Crippen MR) is 142 cm³/mol. The SMILES string of the molecule is COC(=O)C(c1ccccc1)C1C=CC(C(=O)N2C(=S)SC[C@@H]2Cc2ccccc2)=CN1C(=O)OC. The first-order chi connectivity index (χ1) is 17.4. The molecular formula is C27H26N2O5S2. The molecule has 0 spiro atoms. The van der Waals surface area contributed by atoms with Gasteiger partial charge in [-0.2, -0.15) is 0 Å². The van der Waals surface area contributed by atoms with Gasteiger partial charge in [-0.05, 0) is 23.6 Å². The molecule has 0 bridgehead atoms. The van der Waals surface area contributed by atoms with Crippen molar-refractivity contribution in [2.45, 2.75) is 24.4 Å². The van der Waals surface area contributed by atoms with Gasteiger partial charge in [-0.1, -0.05) is 90.7 Å². The summed E-state index contributed by atoms with van der Waals surface area (Å²) in [5.41, 5.74) is 2.06. The number of hydrogen-bond acceptors (Lipinski definition) is 7. The van der Waals surface area contributed by atoms with Gasteiger partial charge >= 0.3 is 12.1 Å². The van der Waals surface area contributed by atoms with Gasteiger partial charge < -0.3 is 9.47 Å². The Kier molecular flexibility index (Phi) is 8.22. The summed E-state index contributed by atoms with van der Waals surface area (Å²) in [7, 11) is 2.56. The van der Waals surface area contributed by atoms with E-state index in [0.29, 0.717) is 22.1 Å². The van der Waals surface area contributed by atoms with Gasteiger partial charge in [-0.25, -0.2) is 4.79 Å². The summed E-state index contributed by atoms with van der Waals surface area (Å²) < 4.78 is 10.5. The predicted octanol–water partition coefficient (Wildman–Crippen LogP) is 4.31. The second kappa shape index (κ2) is 11.5. The topological polar surface area (TPSA) is 76.2 Å². The molecule has 2 heterocycles. The Morgan fingerprint density at radius 3 is 2.33 bits per heavy atom. The van der Waals surface area contributed by atoms with E-state index < -0.39 is 24.0 Å². The second-order valence-electron chi connectivity index (χ2n) is 8.32. The van der Waals surface area contributed by atoms with Gasteiger partial charge in [0.2, 0.25) is 0 Å². The summed E-state index contributed by atoms with van der Waals surface area (Å²) in [6, 6.07) is 18.1. The zero-order chi connectivity index (χ0) is 25.7. The van der Waals surface area contributed by atoms with Gasteiger partial charge in [0.05, 0.1) is 31.9 Å². The van der Waals surface area contributed by atoms with Crippen molar-refractivity contribution in [2.75, 3.05) is 20.0 Å². The molecule has 36 heavy (non-hydrogen) atoms. The highest BCUT2D eigenvalue weighted by molar-refractivity contribution is 8.23. The monoisotopic (exact) mass is 522 g/mol. The number of thiocarbonyl (C=S) groups is 1. The highest BCUT2D eigenvalue weighted by Crippen LogP contribution is 2.33. The molecule has 2 aliphatic rings. The molecule has 0 N–H and O–H groups in total. The Bertz CT molecular complexity index is 1200. The summed E-state index contributed by atoms with van der Waals surface area (Å²) in [4.78, 5) is 42.1. The number of carbonyl (C=O) groups is 3. The molecule has 1 fully saturated rings. The third kappa shape index (κ3) is 5.37. The van der Waals surface area contributed by atoms with E-state index in [2.05, 4.69) is 0 Å². The molecule has 2 aromatic carbocycles. The van der Waals surface area contributed by atoms with Gasteiger partial charge in [0.1, 0.15) is 10.2 Å². The summed E-state index contributed by atoms with van der Waals surface area (Å²) in [6.07, 6.45) is 4.70. The molecule has 9 heteroatoms. The molecule has 2 unspecified atom stereocenters. The maximum atomic E-state index is 13.6. The summed E-state index contributed by atoms with van der Waals surface area (Å²) in [5, 5.41) is 0. The number of benzene rings is 2. The van der Waals surface area contributed by atoms with E-state index in [9.17, 15) is 14.4 Å². The lowest BCUT2D eigenvalue weighted by atomic mass is 9.88. The average molecular weight is 523 g/mol. The molecule has 186 valence electrons. The first kappa shape index (κ1) is 25.7. The van der Waals surface area contributed by atoms with Gasteiger partial charge in [-0.15, -0.1) is 0 Å². The fraction of sp³-hybridized carbons (Fsp3) is 0.259. The van der Waals surface area contributed by atoms with Crippen molar-refractivity contribution in [1.29, 1.82) is 0 Å². The third-order valence-corrected chi connectivity index (χ3v) is 7.70. The lowest BCUT2D eigenvalue weighted by Crippen LogP contribution is -2.45. The van der Waals surface area contributed by atoms with E-state index in [1.807, 2.05) is 48.5 Å². The van der Waals surface area contributed by atoms with Crippen LogP contribution in [0.1, 0.15) is 17.0 Å². The van der Waals surface area contributed by atoms with Gasteiger partial charge in [0, 0.05) is 12.0 Å². The zero-order valence-corrected chi connectivity index (χ0v) is 21.5. The standard InChI is InChI=1S/C27H26N2O5S2/c1-33-25(31)23(19-11-7-4-8-12-19)22-14-13-20(16-28(22)26(32)34-2)24(30)29-21(17-36-27(29)35)15-18-9-5-3-6-10-18/h3-14,16,21-23H,15,17H2,1-2H3/t21-,22?,23?/m0/s1. The molecule has 3 atom stereocenters. The Balaban J connectivity index is 1.64. The smallest absolute Gasteiger partial charge is 0.414 e. The highest BCUT2D eigenvalue weighted by atomic mass is 32.2. The molecular weight excluding hydrogens is 496 g/mol. The van der Waals surface area contributed by atoms with Crippen molar-refractivity contribution in [1.82, 2.24) is 9.80 Å². The lowest BCUT2D eigenvalue weighted by Gasteiger charge is -2.34. The van der Waals surface area contributed by atoms with Crippen LogP contribution in [0.4, 0.5) is 4.79 Å². The largest absolute Gasteiger partial charge is 0.468 e. The van der Waals surface area contributed by atoms with Crippen molar-refractivity contribution in [3.63, 3.8) is 0 Å². The Morgan fingerprint density at radius 1 is 1.03 bits per heavy atom. The molecule has 0 aliphatic carbocycles. The van der Waals surface area contributed by atoms with Gasteiger partial charge in [0.15, 0.2) is 0 Å². The molecule has 0 saturated carbocycles. The molecule has 2 amide bonds. The van der Waals surface area contributed by atoms with Gasteiger partial charge in [0.25, 0.3) is 5.91 Å². The Hall–Kier alpha value is -3.43. The zero-order valence-electron chi connectivity index (χ0n) is 19.9. The van der Waals surface area contributed by atoms with E-state index in [4.69, 9.17) is 21.7 Å². The number of esters is 1. The summed E-state index contributed by atoms with van der Waals surface area (Å²) in [6.45, 7) is 0. The Labute approximate surface area is 219 Å². The van der Waals surface area contributed by atoms with Crippen molar-refractivity contribution in [3.8, 4) is 0 Å². The quantitative estimate of drug-likeness (QED) is 0.413. The van der Waals surface area contributed by atoms with Crippen molar-refractivity contribution in [3.05, 3.63) is 95.7 Å². The fourth-order valence-electron chi connectivity index (χ4n) is 4.40. The first-order valence-electron chi connectivity index (χ1n) is 11.4. The average Bonchev–Trinajstić information content (AvgIpc) is 3.28. The second-order valence-corrected chi connectivity index (χ2v) is 9.97. The van der Waals surface area contributed by atoms with E-state index in [0.717, 1.165) is 5.56 Å². The number of nitrogens with zero attached hydrogens (tertiary/aromatic N) is 2. The van der Waals surface area contributed by atoms with E-state index in [-0.39, 0.29) is 17.5 Å². The highest BCUT2D eigenvalue weighted by Gasteiger charge is 2.40. The van der Waals surface area contributed by atoms with Crippen LogP contribution in [0.25, 0.3) is 0 Å². The minimum Gasteiger partial charge on any atom is -0.468 e. The minimum absolute atomic E-state index is 0.108.